The van der Waals surface area contributed by atoms with Crippen LogP contribution in [0.1, 0.15) is 26.7 Å². The zero-order chi connectivity index (χ0) is 9.45. The largest absolute Gasteiger partial charge is 0.330 e. The van der Waals surface area contributed by atoms with Gasteiger partial charge in [0.25, 0.3) is 0 Å². The van der Waals surface area contributed by atoms with Crippen molar-refractivity contribution in [3.05, 3.63) is 0 Å². The number of hydrogen-bond donors (Lipinski definition) is 3. The van der Waals surface area contributed by atoms with Crippen molar-refractivity contribution in [1.29, 1.82) is 0 Å². The number of hydrogen-bond acceptors (Lipinski definition) is 3. The molecule has 1 aliphatic rings. The monoisotopic (exact) mass is 173 g/mol. The molecule has 0 saturated carbocycles. The molecular weight excluding hydrogens is 150 g/mol. The van der Waals surface area contributed by atoms with Crippen LogP contribution in [0.4, 0.5) is 0 Å². The predicted octanol–water partition coefficient (Wildman–Crippen LogP) is 0.300. The van der Waals surface area contributed by atoms with Crippen molar-refractivity contribution >= 4 is 0 Å². The second-order valence-corrected chi connectivity index (χ2v) is 3.17. The molecule has 1 unspecified atom stereocenters. The van der Waals surface area contributed by atoms with Crippen LogP contribution in [-0.4, -0.2) is 26.2 Å². The van der Waals surface area contributed by atoms with E-state index < -0.39 is 0 Å². The summed E-state index contributed by atoms with van der Waals surface area (Å²) in [6.45, 7) is 7.70. The summed E-state index contributed by atoms with van der Waals surface area (Å²) in [5.74, 6) is 0. The molecule has 5 N–H and O–H groups in total. The molecule has 0 aromatic heterocycles. The molecule has 1 heterocycles. The minimum atomic E-state index is 0.328. The molecule has 3 heteroatoms. The van der Waals surface area contributed by atoms with Gasteiger partial charge < -0.3 is 16.8 Å². The maximum absolute atomic E-state index is 5.66. The van der Waals surface area contributed by atoms with Gasteiger partial charge in [0.2, 0.25) is 0 Å². The summed E-state index contributed by atoms with van der Waals surface area (Å²) in [6, 6.07) is 0. The van der Waals surface area contributed by atoms with E-state index in [-0.39, 0.29) is 0 Å². The average Bonchev–Trinajstić information content (AvgIpc) is 2.58. The van der Waals surface area contributed by atoms with Gasteiger partial charge in [-0.05, 0) is 37.9 Å². The summed E-state index contributed by atoms with van der Waals surface area (Å²) in [7, 11) is 0. The second kappa shape index (κ2) is 6.40. The van der Waals surface area contributed by atoms with E-state index in [1.54, 1.807) is 0 Å². The predicted molar refractivity (Wildman–Crippen MR) is 54.0 cm³/mol. The molecule has 1 saturated heterocycles. The third-order valence-electron chi connectivity index (χ3n) is 2.44. The molecule has 1 fully saturated rings. The Hall–Kier alpha value is -0.120. The summed E-state index contributed by atoms with van der Waals surface area (Å²) >= 11 is 0. The Kier molecular flexibility index (Phi) is 6.34. The Balaban J connectivity index is 0.000000561. The number of nitrogens with one attached hydrogen (secondary N) is 1. The fourth-order valence-electron chi connectivity index (χ4n) is 1.59. The van der Waals surface area contributed by atoms with E-state index in [1.165, 1.54) is 6.42 Å². The van der Waals surface area contributed by atoms with Gasteiger partial charge >= 0.3 is 0 Å². The maximum Gasteiger partial charge on any atom is 0.00209 e. The van der Waals surface area contributed by atoms with Crippen LogP contribution < -0.4 is 16.8 Å². The zero-order valence-electron chi connectivity index (χ0n) is 8.40. The Bertz CT molecular complexity index is 97.9. The van der Waals surface area contributed by atoms with Gasteiger partial charge in [-0.3, -0.25) is 0 Å². The van der Waals surface area contributed by atoms with Crippen LogP contribution in [0.15, 0.2) is 0 Å². The molecule has 0 bridgehead atoms. The maximum atomic E-state index is 5.66. The van der Waals surface area contributed by atoms with Crippen molar-refractivity contribution < 1.29 is 0 Å². The van der Waals surface area contributed by atoms with Crippen molar-refractivity contribution in [2.45, 2.75) is 26.7 Å². The molecule has 0 aromatic rings. The topological polar surface area (TPSA) is 64.1 Å². The fraction of sp³-hybridized carbons (Fsp3) is 1.00. The standard InChI is InChI=1S/C7H17N3.C2H6/c8-3-1-7(5-9)2-4-10-6-7;1-2/h10H,1-6,8-9H2;1-2H3. The molecule has 74 valence electrons. The molecule has 0 radical (unpaired) electrons. The van der Waals surface area contributed by atoms with Crippen LogP contribution in [0.25, 0.3) is 0 Å². The summed E-state index contributed by atoms with van der Waals surface area (Å²) in [4.78, 5) is 0. The minimum absolute atomic E-state index is 0.328. The van der Waals surface area contributed by atoms with Crippen LogP contribution in [0.3, 0.4) is 0 Å². The molecule has 12 heavy (non-hydrogen) atoms. The highest BCUT2D eigenvalue weighted by molar-refractivity contribution is 4.88. The van der Waals surface area contributed by atoms with Gasteiger partial charge in [0.1, 0.15) is 0 Å². The van der Waals surface area contributed by atoms with Gasteiger partial charge in [0, 0.05) is 6.54 Å². The summed E-state index contributed by atoms with van der Waals surface area (Å²) in [5.41, 5.74) is 11.5. The quantitative estimate of drug-likeness (QED) is 0.575. The van der Waals surface area contributed by atoms with Crippen LogP contribution in [0.5, 0.6) is 0 Å². The lowest BCUT2D eigenvalue weighted by molar-refractivity contribution is 0.313. The first-order chi connectivity index (χ1) is 5.83. The third-order valence-corrected chi connectivity index (χ3v) is 2.44. The highest BCUT2D eigenvalue weighted by Crippen LogP contribution is 2.26. The minimum Gasteiger partial charge on any atom is -0.330 e. The van der Waals surface area contributed by atoms with E-state index in [2.05, 4.69) is 5.32 Å². The molecule has 1 atom stereocenters. The van der Waals surface area contributed by atoms with Crippen molar-refractivity contribution in [3.63, 3.8) is 0 Å². The van der Waals surface area contributed by atoms with E-state index in [0.29, 0.717) is 5.41 Å². The number of nitrogens with two attached hydrogens (primary N) is 2. The first kappa shape index (κ1) is 11.9. The number of rotatable bonds is 3. The lowest BCUT2D eigenvalue weighted by atomic mass is 9.84. The SMILES string of the molecule is CC.NCCC1(CN)CCNC1. The molecule has 0 spiro atoms. The molecule has 0 amide bonds. The van der Waals surface area contributed by atoms with Gasteiger partial charge in [-0.1, -0.05) is 13.8 Å². The molecule has 0 aromatic carbocycles. The molecule has 0 aliphatic carbocycles. The van der Waals surface area contributed by atoms with Gasteiger partial charge in [-0.15, -0.1) is 0 Å². The summed E-state index contributed by atoms with van der Waals surface area (Å²) < 4.78 is 0. The van der Waals surface area contributed by atoms with E-state index >= 15 is 0 Å². The van der Waals surface area contributed by atoms with Crippen LogP contribution in [0, 0.1) is 5.41 Å². The van der Waals surface area contributed by atoms with Crippen LogP contribution in [-0.2, 0) is 0 Å². The average molecular weight is 173 g/mol. The molecular formula is C9H23N3. The van der Waals surface area contributed by atoms with E-state index in [0.717, 1.165) is 32.6 Å². The molecule has 1 rings (SSSR count). The fourth-order valence-corrected chi connectivity index (χ4v) is 1.59. The van der Waals surface area contributed by atoms with Crippen LogP contribution >= 0.6 is 0 Å². The van der Waals surface area contributed by atoms with Gasteiger partial charge in [0.15, 0.2) is 0 Å². The Morgan fingerprint density at radius 2 is 2.00 bits per heavy atom. The van der Waals surface area contributed by atoms with Crippen molar-refractivity contribution in [1.82, 2.24) is 5.32 Å². The van der Waals surface area contributed by atoms with E-state index in [1.807, 2.05) is 13.8 Å². The first-order valence-electron chi connectivity index (χ1n) is 4.94. The normalized spacial score (nSPS) is 28.0. The summed E-state index contributed by atoms with van der Waals surface area (Å²) in [6.07, 6.45) is 2.26. The second-order valence-electron chi connectivity index (χ2n) is 3.17. The van der Waals surface area contributed by atoms with Gasteiger partial charge in [-0.2, -0.15) is 0 Å². The van der Waals surface area contributed by atoms with Crippen molar-refractivity contribution in [2.24, 2.45) is 16.9 Å². The van der Waals surface area contributed by atoms with Crippen LogP contribution in [0.2, 0.25) is 0 Å². The van der Waals surface area contributed by atoms with Gasteiger partial charge in [-0.25, -0.2) is 0 Å². The third kappa shape index (κ3) is 3.09. The molecule has 1 aliphatic heterocycles. The lowest BCUT2D eigenvalue weighted by Crippen LogP contribution is -2.34. The highest BCUT2D eigenvalue weighted by Gasteiger charge is 2.30. The van der Waals surface area contributed by atoms with E-state index in [4.69, 9.17) is 11.5 Å². The van der Waals surface area contributed by atoms with Gasteiger partial charge in [0.05, 0.1) is 0 Å². The Labute approximate surface area is 75.9 Å². The van der Waals surface area contributed by atoms with Crippen molar-refractivity contribution in [3.8, 4) is 0 Å². The highest BCUT2D eigenvalue weighted by atomic mass is 14.9. The lowest BCUT2D eigenvalue weighted by Gasteiger charge is -2.24. The van der Waals surface area contributed by atoms with Crippen molar-refractivity contribution in [2.75, 3.05) is 26.2 Å². The molecule has 3 nitrogen and oxygen atoms in total. The zero-order valence-corrected chi connectivity index (χ0v) is 8.40. The smallest absolute Gasteiger partial charge is 0.00209 e. The van der Waals surface area contributed by atoms with E-state index in [9.17, 15) is 0 Å². The first-order valence-corrected chi connectivity index (χ1v) is 4.94. The Morgan fingerprint density at radius 1 is 1.33 bits per heavy atom. The summed E-state index contributed by atoms with van der Waals surface area (Å²) in [5, 5.41) is 3.31. The Morgan fingerprint density at radius 3 is 2.33 bits per heavy atom.